The maximum atomic E-state index is 12.0. The molecule has 0 saturated heterocycles. The van der Waals surface area contributed by atoms with Gasteiger partial charge in [-0.25, -0.2) is 0 Å². The highest BCUT2D eigenvalue weighted by atomic mass is 16.3. The summed E-state index contributed by atoms with van der Waals surface area (Å²) < 4.78 is 0. The van der Waals surface area contributed by atoms with Gasteiger partial charge < -0.3 is 15.7 Å². The molecule has 0 bridgehead atoms. The second kappa shape index (κ2) is 6.21. The minimum atomic E-state index is 0.0269. The number of likely N-dealkylation sites (N-methyl/N-ethyl adjacent to an activating group) is 1. The summed E-state index contributed by atoms with van der Waals surface area (Å²) in [5.41, 5.74) is 5.93. The smallest absolute Gasteiger partial charge is 0.225 e. The van der Waals surface area contributed by atoms with E-state index < -0.39 is 0 Å². The van der Waals surface area contributed by atoms with E-state index in [9.17, 15) is 4.79 Å². The second-order valence-corrected chi connectivity index (χ2v) is 4.96. The zero-order valence-electron chi connectivity index (χ0n) is 10.4. The van der Waals surface area contributed by atoms with Gasteiger partial charge in [0, 0.05) is 25.6 Å². The number of nitrogens with zero attached hydrogens (tertiary/aromatic N) is 1. The Kier molecular flexibility index (Phi) is 5.22. The highest BCUT2D eigenvalue weighted by Gasteiger charge is 2.29. The Balaban J connectivity index is 2.48. The summed E-state index contributed by atoms with van der Waals surface area (Å²) in [6, 6.07) is 0.261. The second-order valence-electron chi connectivity index (χ2n) is 4.96. The molecule has 94 valence electrons. The molecule has 1 rings (SSSR count). The fourth-order valence-electron chi connectivity index (χ4n) is 2.53. The van der Waals surface area contributed by atoms with Crippen molar-refractivity contribution in [1.29, 1.82) is 0 Å². The number of aliphatic hydroxyl groups excluding tert-OH is 1. The number of carbonyl (C=O) groups excluding carboxylic acids is 1. The Morgan fingerprint density at radius 3 is 2.81 bits per heavy atom. The van der Waals surface area contributed by atoms with E-state index >= 15 is 0 Å². The van der Waals surface area contributed by atoms with Crippen LogP contribution < -0.4 is 5.73 Å². The van der Waals surface area contributed by atoms with Gasteiger partial charge in [-0.05, 0) is 25.2 Å². The quantitative estimate of drug-likeness (QED) is 0.740. The van der Waals surface area contributed by atoms with Crippen LogP contribution in [0.5, 0.6) is 0 Å². The van der Waals surface area contributed by atoms with Crippen LogP contribution in [-0.2, 0) is 4.79 Å². The number of hydrogen-bond donors (Lipinski definition) is 2. The van der Waals surface area contributed by atoms with Gasteiger partial charge >= 0.3 is 0 Å². The van der Waals surface area contributed by atoms with Gasteiger partial charge in [0.25, 0.3) is 0 Å². The fraction of sp³-hybridized carbons (Fsp3) is 0.917. The Morgan fingerprint density at radius 2 is 2.25 bits per heavy atom. The molecule has 0 aromatic carbocycles. The first kappa shape index (κ1) is 13.5. The number of aliphatic hydroxyl groups is 1. The van der Waals surface area contributed by atoms with Crippen LogP contribution in [0.3, 0.4) is 0 Å². The van der Waals surface area contributed by atoms with Crippen LogP contribution in [-0.4, -0.2) is 42.2 Å². The van der Waals surface area contributed by atoms with Gasteiger partial charge in [0.15, 0.2) is 0 Å². The average molecular weight is 228 g/mol. The van der Waals surface area contributed by atoms with Gasteiger partial charge in [-0.15, -0.1) is 0 Å². The zero-order valence-corrected chi connectivity index (χ0v) is 10.4. The van der Waals surface area contributed by atoms with E-state index in [0.29, 0.717) is 12.5 Å². The summed E-state index contributed by atoms with van der Waals surface area (Å²) in [4.78, 5) is 13.6. The number of rotatable bonds is 4. The lowest BCUT2D eigenvalue weighted by molar-refractivity contribution is -0.136. The first-order valence-corrected chi connectivity index (χ1v) is 6.17. The average Bonchev–Trinajstić information content (AvgIpc) is 2.27. The molecule has 4 nitrogen and oxygen atoms in total. The van der Waals surface area contributed by atoms with E-state index in [1.807, 2.05) is 6.92 Å². The number of carbonyl (C=O) groups is 1. The molecule has 1 aliphatic carbocycles. The molecular weight excluding hydrogens is 204 g/mol. The molecule has 0 aromatic heterocycles. The third-order valence-electron chi connectivity index (χ3n) is 3.66. The molecule has 0 radical (unpaired) electrons. The van der Waals surface area contributed by atoms with Gasteiger partial charge in [-0.2, -0.15) is 0 Å². The van der Waals surface area contributed by atoms with Gasteiger partial charge in [-0.1, -0.05) is 13.3 Å². The minimum Gasteiger partial charge on any atom is -0.395 e. The Morgan fingerprint density at radius 1 is 1.56 bits per heavy atom. The van der Waals surface area contributed by atoms with Crippen molar-refractivity contribution in [2.24, 2.45) is 17.6 Å². The summed E-state index contributed by atoms with van der Waals surface area (Å²) in [6.07, 6.45) is 4.28. The summed E-state index contributed by atoms with van der Waals surface area (Å²) in [5, 5.41) is 8.81. The molecule has 1 fully saturated rings. The fourth-order valence-corrected chi connectivity index (χ4v) is 2.53. The third kappa shape index (κ3) is 3.46. The number of hydrogen-bond acceptors (Lipinski definition) is 3. The van der Waals surface area contributed by atoms with Crippen molar-refractivity contribution < 1.29 is 9.90 Å². The molecule has 16 heavy (non-hydrogen) atoms. The topological polar surface area (TPSA) is 66.6 Å². The standard InChI is InChI=1S/C12H24N2O2/c1-9(12(16)14(2)6-7-15)10-4-3-5-11(13)8-10/h9-11,15H,3-8,13H2,1-2H3. The van der Waals surface area contributed by atoms with Crippen molar-refractivity contribution in [1.82, 2.24) is 4.90 Å². The monoisotopic (exact) mass is 228 g/mol. The van der Waals surface area contributed by atoms with E-state index in [2.05, 4.69) is 0 Å². The van der Waals surface area contributed by atoms with E-state index in [-0.39, 0.29) is 24.5 Å². The lowest BCUT2D eigenvalue weighted by atomic mass is 9.78. The summed E-state index contributed by atoms with van der Waals surface area (Å²) in [6.45, 7) is 2.43. The van der Waals surface area contributed by atoms with Crippen LogP contribution in [0.2, 0.25) is 0 Å². The lowest BCUT2D eigenvalue weighted by Gasteiger charge is -2.32. The predicted octanol–water partition coefficient (Wildman–Crippen LogP) is 0.591. The molecular formula is C12H24N2O2. The van der Waals surface area contributed by atoms with Crippen LogP contribution in [0.1, 0.15) is 32.6 Å². The molecule has 3 N–H and O–H groups in total. The molecule has 1 amide bonds. The van der Waals surface area contributed by atoms with E-state index in [1.165, 1.54) is 0 Å². The van der Waals surface area contributed by atoms with Gasteiger partial charge in [-0.3, -0.25) is 4.79 Å². The summed E-state index contributed by atoms with van der Waals surface area (Å²) in [7, 11) is 1.75. The first-order chi connectivity index (χ1) is 7.56. The molecule has 0 heterocycles. The maximum absolute atomic E-state index is 12.0. The van der Waals surface area contributed by atoms with Crippen molar-refractivity contribution >= 4 is 5.91 Å². The van der Waals surface area contributed by atoms with Crippen molar-refractivity contribution in [2.75, 3.05) is 20.2 Å². The van der Waals surface area contributed by atoms with Crippen LogP contribution in [0.15, 0.2) is 0 Å². The molecule has 1 aliphatic rings. The number of nitrogens with two attached hydrogens (primary N) is 1. The van der Waals surface area contributed by atoms with Crippen LogP contribution in [0.4, 0.5) is 0 Å². The van der Waals surface area contributed by atoms with Crippen LogP contribution >= 0.6 is 0 Å². The molecule has 0 aromatic rings. The summed E-state index contributed by atoms with van der Waals surface area (Å²) in [5.74, 6) is 0.577. The highest BCUT2D eigenvalue weighted by Crippen LogP contribution is 2.30. The van der Waals surface area contributed by atoms with Crippen molar-refractivity contribution in [3.8, 4) is 0 Å². The maximum Gasteiger partial charge on any atom is 0.225 e. The van der Waals surface area contributed by atoms with E-state index in [4.69, 9.17) is 10.8 Å². The normalized spacial score (nSPS) is 27.5. The van der Waals surface area contributed by atoms with Gasteiger partial charge in [0.1, 0.15) is 0 Å². The Hall–Kier alpha value is -0.610. The van der Waals surface area contributed by atoms with Crippen molar-refractivity contribution in [3.63, 3.8) is 0 Å². The predicted molar refractivity (Wildman–Crippen MR) is 63.8 cm³/mol. The first-order valence-electron chi connectivity index (χ1n) is 6.17. The van der Waals surface area contributed by atoms with Crippen LogP contribution in [0, 0.1) is 11.8 Å². The number of amides is 1. The zero-order chi connectivity index (χ0) is 12.1. The van der Waals surface area contributed by atoms with Crippen molar-refractivity contribution in [2.45, 2.75) is 38.6 Å². The molecule has 1 saturated carbocycles. The van der Waals surface area contributed by atoms with Gasteiger partial charge in [0.05, 0.1) is 6.61 Å². The summed E-state index contributed by atoms with van der Waals surface area (Å²) >= 11 is 0. The molecule has 4 heteroatoms. The van der Waals surface area contributed by atoms with Crippen molar-refractivity contribution in [3.05, 3.63) is 0 Å². The SMILES string of the molecule is CC(C(=O)N(C)CCO)C1CCCC(N)C1. The van der Waals surface area contributed by atoms with E-state index in [1.54, 1.807) is 11.9 Å². The lowest BCUT2D eigenvalue weighted by Crippen LogP contribution is -2.40. The third-order valence-corrected chi connectivity index (χ3v) is 3.66. The molecule has 0 spiro atoms. The highest BCUT2D eigenvalue weighted by molar-refractivity contribution is 5.78. The van der Waals surface area contributed by atoms with Crippen LogP contribution in [0.25, 0.3) is 0 Å². The van der Waals surface area contributed by atoms with E-state index in [0.717, 1.165) is 25.7 Å². The minimum absolute atomic E-state index is 0.0269. The largest absolute Gasteiger partial charge is 0.395 e. The van der Waals surface area contributed by atoms with Gasteiger partial charge in [0.2, 0.25) is 5.91 Å². The molecule has 0 aliphatic heterocycles. The molecule has 3 unspecified atom stereocenters. The molecule has 3 atom stereocenters. The Labute approximate surface area is 97.8 Å². The Bertz CT molecular complexity index is 233.